The van der Waals surface area contributed by atoms with E-state index in [0.717, 1.165) is 16.5 Å². The van der Waals surface area contributed by atoms with Crippen molar-refractivity contribution in [3.63, 3.8) is 0 Å². The number of aryl methyl sites for hydroxylation is 1. The van der Waals surface area contributed by atoms with Crippen molar-refractivity contribution < 1.29 is 38.4 Å². The van der Waals surface area contributed by atoms with Crippen molar-refractivity contribution in [2.24, 2.45) is 22.2 Å². The Labute approximate surface area is 428 Å². The fourth-order valence-corrected chi connectivity index (χ4v) is 9.37. The highest BCUT2D eigenvalue weighted by atomic mass is 35.5. The first-order valence-electron chi connectivity index (χ1n) is 24.8. The van der Waals surface area contributed by atoms with Gasteiger partial charge in [-0.05, 0) is 91.8 Å². The monoisotopic (exact) mass is 1020 g/mol. The van der Waals surface area contributed by atoms with Crippen LogP contribution in [0.15, 0.2) is 84.0 Å². The number of aromatic amines is 1. The minimum atomic E-state index is -1.72. The van der Waals surface area contributed by atoms with Crippen molar-refractivity contribution in [1.82, 2.24) is 42.2 Å². The van der Waals surface area contributed by atoms with Gasteiger partial charge in [-0.3, -0.25) is 43.3 Å². The third-order valence-electron chi connectivity index (χ3n) is 13.2. The number of aliphatic imine (C=N–C) groups is 1. The lowest BCUT2D eigenvalue weighted by Crippen LogP contribution is -2.67. The summed E-state index contributed by atoms with van der Waals surface area (Å²) in [4.78, 5) is 121. The molecule has 6 atom stereocenters. The Morgan fingerprint density at radius 3 is 2.26 bits per heavy atom. The molecule has 2 aliphatic rings. The molecule has 1 spiro atoms. The Morgan fingerprint density at radius 2 is 1.51 bits per heavy atom. The molecule has 1 saturated heterocycles. The van der Waals surface area contributed by atoms with Gasteiger partial charge >= 0.3 is 0 Å². The molecule has 4 aromatic rings. The van der Waals surface area contributed by atoms with Crippen molar-refractivity contribution in [1.29, 1.82) is 0 Å². The molecule has 0 bridgehead atoms. The highest BCUT2D eigenvalue weighted by Gasteiger charge is 2.46. The molecule has 14 N–H and O–H groups in total. The van der Waals surface area contributed by atoms with E-state index in [9.17, 15) is 33.6 Å². The molecule has 8 amide bonds. The van der Waals surface area contributed by atoms with Gasteiger partial charge < -0.3 is 59.4 Å². The molecule has 1 fully saturated rings. The Hall–Kier alpha value is -7.48. The van der Waals surface area contributed by atoms with Crippen LogP contribution in [-0.4, -0.2) is 107 Å². The number of para-hydroxylation sites is 1. The summed E-state index contributed by atoms with van der Waals surface area (Å²) >= 11 is 6.38. The molecule has 21 heteroatoms. The molecule has 20 nitrogen and oxygen atoms in total. The second-order valence-electron chi connectivity index (χ2n) is 18.7. The van der Waals surface area contributed by atoms with Crippen LogP contribution >= 0.6 is 11.6 Å². The number of hydrogen-bond acceptors (Lipinski definition) is 9. The summed E-state index contributed by atoms with van der Waals surface area (Å²) in [5.74, 6) is -5.82. The maximum Gasteiger partial charge on any atom is 0.246 e. The topological polar surface area (TPSA) is 327 Å². The summed E-state index contributed by atoms with van der Waals surface area (Å²) in [5, 5.41) is 21.0. The van der Waals surface area contributed by atoms with E-state index in [-0.39, 0.29) is 76.8 Å². The van der Waals surface area contributed by atoms with E-state index in [1.54, 1.807) is 54.7 Å². The number of nitrogens with one attached hydrogen (secondary N) is 8. The van der Waals surface area contributed by atoms with Gasteiger partial charge in [-0.1, -0.05) is 79.5 Å². The van der Waals surface area contributed by atoms with Crippen LogP contribution in [-0.2, 0) is 64.0 Å². The first-order valence-corrected chi connectivity index (χ1v) is 25.2. The number of fused-ring (bicyclic) bond motifs is 2. The Balaban J connectivity index is 1.41. The number of amides is 8. The van der Waals surface area contributed by atoms with Crippen molar-refractivity contribution in [3.8, 4) is 0 Å². The van der Waals surface area contributed by atoms with Gasteiger partial charge in [0.05, 0.1) is 6.42 Å². The van der Waals surface area contributed by atoms with Gasteiger partial charge in [-0.2, -0.15) is 0 Å². The second kappa shape index (κ2) is 26.3. The molecule has 73 heavy (non-hydrogen) atoms. The number of primary amides is 1. The lowest BCUT2D eigenvalue weighted by atomic mass is 9.76. The summed E-state index contributed by atoms with van der Waals surface area (Å²) in [6, 6.07) is 14.9. The number of carbonyl (C=O) groups is 8. The number of halogens is 1. The fourth-order valence-electron chi connectivity index (χ4n) is 9.17. The number of rotatable bonds is 13. The maximum atomic E-state index is 15.2. The summed E-state index contributed by atoms with van der Waals surface area (Å²) in [6.07, 6.45) is 3.64. The van der Waals surface area contributed by atoms with Crippen molar-refractivity contribution in [2.45, 2.75) is 133 Å². The zero-order chi connectivity index (χ0) is 52.5. The zero-order valence-corrected chi connectivity index (χ0v) is 41.8. The largest absolute Gasteiger partial charge is 0.370 e. The lowest BCUT2D eigenvalue weighted by Gasteiger charge is -2.39. The lowest BCUT2D eigenvalue weighted by molar-refractivity contribution is -0.139. The minimum Gasteiger partial charge on any atom is -0.370 e. The van der Waals surface area contributed by atoms with Crippen LogP contribution in [0.4, 0.5) is 0 Å². The van der Waals surface area contributed by atoms with E-state index in [2.05, 4.69) is 47.2 Å². The Bertz CT molecular complexity index is 2660. The number of unbranched alkanes of at least 4 members (excludes halogenated alkanes) is 1. The quantitative estimate of drug-likeness (QED) is 0.0521. The van der Waals surface area contributed by atoms with E-state index < -0.39 is 89.4 Å². The van der Waals surface area contributed by atoms with Crippen molar-refractivity contribution >= 4 is 75.7 Å². The van der Waals surface area contributed by atoms with Crippen LogP contribution in [0.1, 0.15) is 93.4 Å². The van der Waals surface area contributed by atoms with Gasteiger partial charge in [0, 0.05) is 60.9 Å². The van der Waals surface area contributed by atoms with E-state index in [4.69, 9.17) is 28.8 Å². The van der Waals surface area contributed by atoms with Gasteiger partial charge in [0.25, 0.3) is 0 Å². The molecule has 6 rings (SSSR count). The second-order valence-corrected chi connectivity index (χ2v) is 19.2. The predicted molar refractivity (Wildman–Crippen MR) is 276 cm³/mol. The van der Waals surface area contributed by atoms with Crippen LogP contribution in [0.5, 0.6) is 0 Å². The maximum absolute atomic E-state index is 15.2. The first kappa shape index (κ1) is 54.8. The summed E-state index contributed by atoms with van der Waals surface area (Å²) < 4.78 is 0. The Morgan fingerprint density at radius 1 is 0.795 bits per heavy atom. The highest BCUT2D eigenvalue weighted by Crippen LogP contribution is 2.32. The smallest absolute Gasteiger partial charge is 0.246 e. The number of H-pyrrole nitrogens is 1. The molecular weight excluding hydrogens is 956 g/mol. The molecular formula is C52H67ClN12O8. The molecule has 1 aliphatic carbocycles. The number of guanidine groups is 1. The molecule has 1 aromatic heterocycles. The number of carbonyl (C=O) groups excluding carboxylic acids is 8. The number of benzene rings is 3. The average Bonchev–Trinajstić information content (AvgIpc) is 3.77. The third kappa shape index (κ3) is 15.8. The minimum absolute atomic E-state index is 0.0247. The van der Waals surface area contributed by atoms with Gasteiger partial charge in [0.1, 0.15) is 35.7 Å². The third-order valence-corrected chi connectivity index (χ3v) is 13.4. The van der Waals surface area contributed by atoms with Crippen LogP contribution in [0.3, 0.4) is 0 Å². The van der Waals surface area contributed by atoms with Crippen LogP contribution in [0, 0.1) is 0 Å². The molecule has 1 aliphatic heterocycles. The van der Waals surface area contributed by atoms with Crippen molar-refractivity contribution in [3.05, 3.63) is 106 Å². The molecule has 0 saturated carbocycles. The zero-order valence-electron chi connectivity index (χ0n) is 41.0. The van der Waals surface area contributed by atoms with Crippen LogP contribution < -0.4 is 54.4 Å². The van der Waals surface area contributed by atoms with Gasteiger partial charge in [0.15, 0.2) is 5.96 Å². The SMILES string of the molecule is CCCCC(=O)NC1CC(=O)NCCCC[C@@H](C(N)=O)NC(=O)[C@H](Cc2c[nH]c3ccccc23)NC(=O)[C@H](CCCN=C(N)N)NC(=O)[C@@H](Cc2ccccc2)NC(=O)C2(CCc3cc(Cl)ccc3C2)NC1=O. The van der Waals surface area contributed by atoms with E-state index in [1.807, 2.05) is 31.2 Å². The number of hydrogen-bond donors (Lipinski definition) is 11. The number of nitrogens with zero attached hydrogens (tertiary/aromatic N) is 1. The molecule has 2 unspecified atom stereocenters. The molecule has 2 heterocycles. The van der Waals surface area contributed by atoms with Gasteiger partial charge in [-0.25, -0.2) is 0 Å². The van der Waals surface area contributed by atoms with Gasteiger partial charge in [0.2, 0.25) is 47.3 Å². The van der Waals surface area contributed by atoms with E-state index in [1.165, 1.54) is 0 Å². The van der Waals surface area contributed by atoms with Gasteiger partial charge in [-0.15, -0.1) is 0 Å². The number of nitrogens with two attached hydrogens (primary N) is 3. The molecule has 0 radical (unpaired) electrons. The highest BCUT2D eigenvalue weighted by molar-refractivity contribution is 6.30. The Kier molecular flexibility index (Phi) is 19.7. The predicted octanol–water partition coefficient (Wildman–Crippen LogP) is 1.49. The first-order chi connectivity index (χ1) is 35.0. The average molecular weight is 1020 g/mol. The van der Waals surface area contributed by atoms with E-state index >= 15 is 4.79 Å². The van der Waals surface area contributed by atoms with E-state index in [0.29, 0.717) is 47.4 Å². The summed E-state index contributed by atoms with van der Waals surface area (Å²) in [6.45, 7) is 2.10. The summed E-state index contributed by atoms with van der Waals surface area (Å²) in [7, 11) is 0. The molecule has 390 valence electrons. The van der Waals surface area contributed by atoms with Crippen LogP contribution in [0.2, 0.25) is 5.02 Å². The standard InChI is InChI=1S/C52H67ClN12O8/c1-2-3-18-43(66)60-42-28-44(67)57-23-10-9-16-38(45(54)68)61-48(71)41(27-34-30-59-37-15-8-7-14-36(34)37)63-46(69)39(17-11-24-58-51(55)56)62-47(70)40(25-31-12-5-4-6-13-31)64-50(73)52(65-49(42)72)22-21-32-26-35(53)20-19-33(32)29-52/h4-8,12-15,19-20,26,30,38-42,59H,2-3,9-11,16-18,21-25,27-29H2,1H3,(H2,54,68)(H,57,67)(H,60,66)(H,61,71)(H,62,70)(H,63,69)(H,64,73)(H,65,72)(H4,55,56,58)/t38-,39-,40+,41-,42?,52?/m0/s1. The fraction of sp³-hybridized carbons (Fsp3) is 0.442. The van der Waals surface area contributed by atoms with Crippen molar-refractivity contribution in [2.75, 3.05) is 13.1 Å². The van der Waals surface area contributed by atoms with Crippen LogP contribution in [0.25, 0.3) is 10.9 Å². The normalized spacial score (nSPS) is 22.8. The summed E-state index contributed by atoms with van der Waals surface area (Å²) in [5.41, 5.74) is 19.0. The molecule has 3 aromatic carbocycles. The number of aromatic nitrogens is 1.